The molecule has 0 radical (unpaired) electrons. The lowest BCUT2D eigenvalue weighted by molar-refractivity contribution is 0.217. The first-order valence-corrected chi connectivity index (χ1v) is 8.00. The van der Waals surface area contributed by atoms with E-state index in [0.29, 0.717) is 18.3 Å². The number of halogens is 1. The summed E-state index contributed by atoms with van der Waals surface area (Å²) in [6.07, 6.45) is 0. The number of hydrogen-bond donors (Lipinski definition) is 0. The summed E-state index contributed by atoms with van der Waals surface area (Å²) in [6, 6.07) is 14.5. The van der Waals surface area contributed by atoms with Gasteiger partial charge in [-0.05, 0) is 43.8 Å². The van der Waals surface area contributed by atoms with Crippen LogP contribution in [0.1, 0.15) is 24.4 Å². The molecule has 2 aromatic carbocycles. The third kappa shape index (κ3) is 3.85. The number of benzene rings is 2. The molecule has 0 N–H and O–H groups in total. The highest BCUT2D eigenvalue weighted by atomic mass is 19.1. The van der Waals surface area contributed by atoms with E-state index in [4.69, 9.17) is 9.15 Å². The molecule has 0 aliphatic rings. The molecule has 0 fully saturated rings. The molecule has 1 atom stereocenters. The Morgan fingerprint density at radius 3 is 2.60 bits per heavy atom. The Morgan fingerprint density at radius 2 is 1.92 bits per heavy atom. The molecule has 1 unspecified atom stereocenters. The van der Waals surface area contributed by atoms with Crippen LogP contribution in [0.2, 0.25) is 0 Å². The Morgan fingerprint density at radius 1 is 1.16 bits per heavy atom. The third-order valence-electron chi connectivity index (χ3n) is 4.13. The Hall–Kier alpha value is -2.73. The molecule has 1 aromatic heterocycles. The van der Waals surface area contributed by atoms with Crippen molar-refractivity contribution in [1.82, 2.24) is 15.1 Å². The van der Waals surface area contributed by atoms with Crippen molar-refractivity contribution in [2.45, 2.75) is 19.5 Å². The lowest BCUT2D eigenvalue weighted by atomic mass is 10.1. The fraction of sp³-hybridized carbons (Fsp3) is 0.263. The number of hydrogen-bond acceptors (Lipinski definition) is 5. The topological polar surface area (TPSA) is 51.4 Å². The number of nitrogens with zero attached hydrogens (tertiary/aromatic N) is 3. The van der Waals surface area contributed by atoms with E-state index in [1.807, 2.05) is 55.3 Å². The van der Waals surface area contributed by atoms with Gasteiger partial charge in [0.1, 0.15) is 0 Å². The number of methoxy groups -OCH3 is 1. The summed E-state index contributed by atoms with van der Waals surface area (Å²) in [6.45, 7) is 2.52. The quantitative estimate of drug-likeness (QED) is 0.676. The van der Waals surface area contributed by atoms with Crippen molar-refractivity contribution >= 4 is 0 Å². The van der Waals surface area contributed by atoms with Gasteiger partial charge in [0.05, 0.1) is 13.2 Å². The summed E-state index contributed by atoms with van der Waals surface area (Å²) in [4.78, 5) is 2.02. The predicted molar refractivity (Wildman–Crippen MR) is 92.6 cm³/mol. The van der Waals surface area contributed by atoms with Crippen molar-refractivity contribution in [3.63, 3.8) is 0 Å². The van der Waals surface area contributed by atoms with Gasteiger partial charge in [-0.2, -0.15) is 0 Å². The number of ether oxygens (including phenoxy) is 1. The van der Waals surface area contributed by atoms with E-state index in [-0.39, 0.29) is 17.6 Å². The van der Waals surface area contributed by atoms with Crippen LogP contribution >= 0.6 is 0 Å². The van der Waals surface area contributed by atoms with Crippen molar-refractivity contribution in [3.05, 3.63) is 65.8 Å². The summed E-state index contributed by atoms with van der Waals surface area (Å²) < 4.78 is 24.6. The standard InChI is InChI=1S/C19H20FN3O2/c1-13(18-21-22-19(25-18)15-7-5-4-6-8-15)23(2)12-14-9-10-17(24-3)16(20)11-14/h4-11,13H,12H2,1-3H3. The van der Waals surface area contributed by atoms with Gasteiger partial charge in [0.15, 0.2) is 11.6 Å². The zero-order valence-electron chi connectivity index (χ0n) is 14.4. The van der Waals surface area contributed by atoms with Crippen molar-refractivity contribution < 1.29 is 13.5 Å². The van der Waals surface area contributed by atoms with Crippen LogP contribution in [0, 0.1) is 5.82 Å². The summed E-state index contributed by atoms with van der Waals surface area (Å²) in [5, 5.41) is 8.26. The summed E-state index contributed by atoms with van der Waals surface area (Å²) >= 11 is 0. The minimum Gasteiger partial charge on any atom is -0.494 e. The lowest BCUT2D eigenvalue weighted by Gasteiger charge is -2.21. The minimum absolute atomic E-state index is 0.102. The van der Waals surface area contributed by atoms with Gasteiger partial charge in [-0.1, -0.05) is 24.3 Å². The zero-order chi connectivity index (χ0) is 17.8. The van der Waals surface area contributed by atoms with Crippen LogP contribution in [-0.4, -0.2) is 29.3 Å². The van der Waals surface area contributed by atoms with Crippen molar-refractivity contribution in [1.29, 1.82) is 0 Å². The molecule has 0 saturated heterocycles. The van der Waals surface area contributed by atoms with Crippen molar-refractivity contribution in [3.8, 4) is 17.2 Å². The molecule has 3 rings (SSSR count). The van der Waals surface area contributed by atoms with Gasteiger partial charge in [-0.25, -0.2) is 4.39 Å². The smallest absolute Gasteiger partial charge is 0.247 e. The molecule has 0 amide bonds. The molecule has 6 heteroatoms. The van der Waals surface area contributed by atoms with Gasteiger partial charge in [0.2, 0.25) is 11.8 Å². The van der Waals surface area contributed by atoms with Gasteiger partial charge in [0.25, 0.3) is 0 Å². The Balaban J connectivity index is 1.71. The van der Waals surface area contributed by atoms with E-state index in [0.717, 1.165) is 11.1 Å². The fourth-order valence-electron chi connectivity index (χ4n) is 2.52. The number of rotatable bonds is 6. The normalized spacial score (nSPS) is 12.4. The molecule has 0 aliphatic carbocycles. The van der Waals surface area contributed by atoms with Crippen LogP contribution in [0.3, 0.4) is 0 Å². The van der Waals surface area contributed by atoms with E-state index in [2.05, 4.69) is 10.2 Å². The number of aromatic nitrogens is 2. The van der Waals surface area contributed by atoms with Gasteiger partial charge >= 0.3 is 0 Å². The molecule has 130 valence electrons. The predicted octanol–water partition coefficient (Wildman–Crippen LogP) is 4.08. The first-order valence-electron chi connectivity index (χ1n) is 8.00. The molecule has 1 heterocycles. The monoisotopic (exact) mass is 341 g/mol. The molecule has 25 heavy (non-hydrogen) atoms. The summed E-state index contributed by atoms with van der Waals surface area (Å²) in [5.41, 5.74) is 1.73. The van der Waals surface area contributed by atoms with E-state index < -0.39 is 0 Å². The summed E-state index contributed by atoms with van der Waals surface area (Å²) in [7, 11) is 3.38. The molecule has 0 spiro atoms. The molecule has 0 bridgehead atoms. The van der Waals surface area contributed by atoms with Crippen molar-refractivity contribution in [2.75, 3.05) is 14.2 Å². The Kier molecular flexibility index (Phi) is 5.09. The minimum atomic E-state index is -0.370. The highest BCUT2D eigenvalue weighted by molar-refractivity contribution is 5.51. The molecular formula is C19H20FN3O2. The van der Waals surface area contributed by atoms with Gasteiger partial charge in [-0.15, -0.1) is 10.2 Å². The molecule has 5 nitrogen and oxygen atoms in total. The first kappa shape index (κ1) is 17.1. The molecular weight excluding hydrogens is 321 g/mol. The maximum absolute atomic E-state index is 13.8. The summed E-state index contributed by atoms with van der Waals surface area (Å²) in [5.74, 6) is 0.885. The highest BCUT2D eigenvalue weighted by Crippen LogP contribution is 2.25. The van der Waals surface area contributed by atoms with Crippen LogP contribution in [0.25, 0.3) is 11.5 Å². The van der Waals surface area contributed by atoms with E-state index in [1.165, 1.54) is 13.2 Å². The second kappa shape index (κ2) is 7.44. The van der Waals surface area contributed by atoms with Gasteiger partial charge in [0, 0.05) is 12.1 Å². The maximum atomic E-state index is 13.8. The Bertz CT molecular complexity index is 836. The highest BCUT2D eigenvalue weighted by Gasteiger charge is 2.19. The van der Waals surface area contributed by atoms with E-state index in [1.54, 1.807) is 6.07 Å². The molecule has 3 aromatic rings. The first-order chi connectivity index (χ1) is 12.1. The third-order valence-corrected chi connectivity index (χ3v) is 4.13. The fourth-order valence-corrected chi connectivity index (χ4v) is 2.52. The van der Waals surface area contributed by atoms with E-state index in [9.17, 15) is 4.39 Å². The van der Waals surface area contributed by atoms with Crippen LogP contribution in [-0.2, 0) is 6.54 Å². The van der Waals surface area contributed by atoms with Crippen LogP contribution in [0.15, 0.2) is 52.9 Å². The SMILES string of the molecule is COc1ccc(CN(C)C(C)c2nnc(-c3ccccc3)o2)cc1F. The average Bonchev–Trinajstić information content (AvgIpc) is 3.12. The van der Waals surface area contributed by atoms with Gasteiger partial charge in [-0.3, -0.25) is 4.90 Å². The molecule has 0 aliphatic heterocycles. The van der Waals surface area contributed by atoms with Crippen LogP contribution in [0.4, 0.5) is 4.39 Å². The molecule has 0 saturated carbocycles. The van der Waals surface area contributed by atoms with Crippen LogP contribution in [0.5, 0.6) is 5.75 Å². The van der Waals surface area contributed by atoms with Gasteiger partial charge < -0.3 is 9.15 Å². The van der Waals surface area contributed by atoms with E-state index >= 15 is 0 Å². The lowest BCUT2D eigenvalue weighted by Crippen LogP contribution is -2.22. The second-order valence-corrected chi connectivity index (χ2v) is 5.87. The van der Waals surface area contributed by atoms with Crippen molar-refractivity contribution in [2.24, 2.45) is 0 Å². The largest absolute Gasteiger partial charge is 0.494 e. The Labute approximate surface area is 146 Å². The maximum Gasteiger partial charge on any atom is 0.247 e. The van der Waals surface area contributed by atoms with Crippen LogP contribution < -0.4 is 4.74 Å². The second-order valence-electron chi connectivity index (χ2n) is 5.87. The average molecular weight is 341 g/mol. The zero-order valence-corrected chi connectivity index (χ0v) is 14.4.